The van der Waals surface area contributed by atoms with Crippen LogP contribution in [0, 0.1) is 0 Å². The molecule has 0 aliphatic carbocycles. The van der Waals surface area contributed by atoms with Gasteiger partial charge in [-0.25, -0.2) is 0 Å². The summed E-state index contributed by atoms with van der Waals surface area (Å²) >= 11 is 0. The van der Waals surface area contributed by atoms with E-state index in [4.69, 9.17) is 15.2 Å². The van der Waals surface area contributed by atoms with Gasteiger partial charge in [0.1, 0.15) is 12.4 Å². The molecule has 1 aliphatic rings. The maximum atomic E-state index is 6.13. The van der Waals surface area contributed by atoms with Crippen molar-refractivity contribution in [3.63, 3.8) is 0 Å². The summed E-state index contributed by atoms with van der Waals surface area (Å²) in [6, 6.07) is 9.72. The van der Waals surface area contributed by atoms with Crippen molar-refractivity contribution in [3.05, 3.63) is 60.1 Å². The molecule has 0 fully saturated rings. The Morgan fingerprint density at radius 1 is 1.31 bits per heavy atom. The van der Waals surface area contributed by atoms with Crippen molar-refractivity contribution in [3.8, 4) is 0 Å². The minimum Gasteiger partial charge on any atom is -0.493 e. The zero-order valence-electron chi connectivity index (χ0n) is 9.22. The topological polar surface area (TPSA) is 44.5 Å². The Morgan fingerprint density at radius 3 is 2.69 bits per heavy atom. The highest BCUT2D eigenvalue weighted by Gasteiger charge is 2.24. The lowest BCUT2D eigenvalue weighted by atomic mass is 10.1. The van der Waals surface area contributed by atoms with Gasteiger partial charge in [-0.3, -0.25) is 5.73 Å². The second kappa shape index (κ2) is 4.41. The largest absolute Gasteiger partial charge is 0.493 e. The zero-order chi connectivity index (χ0) is 11.4. The average molecular weight is 217 g/mol. The Labute approximate surface area is 95.2 Å². The molecule has 3 nitrogen and oxygen atoms in total. The first-order valence-corrected chi connectivity index (χ1v) is 5.19. The van der Waals surface area contributed by atoms with E-state index in [1.165, 1.54) is 0 Å². The van der Waals surface area contributed by atoms with Gasteiger partial charge >= 0.3 is 0 Å². The second-order valence-corrected chi connectivity index (χ2v) is 3.85. The van der Waals surface area contributed by atoms with Crippen LogP contribution in [0.4, 0.5) is 0 Å². The van der Waals surface area contributed by atoms with E-state index < -0.39 is 5.72 Å². The van der Waals surface area contributed by atoms with Crippen molar-refractivity contribution < 1.29 is 9.47 Å². The molecule has 0 spiro atoms. The first-order valence-electron chi connectivity index (χ1n) is 5.19. The van der Waals surface area contributed by atoms with Crippen LogP contribution in [-0.4, -0.2) is 6.61 Å². The summed E-state index contributed by atoms with van der Waals surface area (Å²) in [5.41, 5.74) is 6.23. The summed E-state index contributed by atoms with van der Waals surface area (Å²) < 4.78 is 10.9. The van der Waals surface area contributed by atoms with Gasteiger partial charge in [-0.15, -0.1) is 0 Å². The molecule has 1 aliphatic heterocycles. The van der Waals surface area contributed by atoms with E-state index >= 15 is 0 Å². The number of allylic oxidation sites excluding steroid dienone is 2. The highest BCUT2D eigenvalue weighted by molar-refractivity contribution is 5.22. The van der Waals surface area contributed by atoms with Gasteiger partial charge in [-0.1, -0.05) is 30.3 Å². The molecule has 2 N–H and O–H groups in total. The third-order valence-electron chi connectivity index (χ3n) is 2.37. The molecule has 84 valence electrons. The first-order chi connectivity index (χ1) is 7.68. The molecular weight excluding hydrogens is 202 g/mol. The number of nitrogens with two attached hydrogens (primary N) is 1. The lowest BCUT2D eigenvalue weighted by molar-refractivity contribution is 0.00105. The van der Waals surface area contributed by atoms with Crippen LogP contribution < -0.4 is 5.73 Å². The third kappa shape index (κ3) is 2.44. The molecule has 0 bridgehead atoms. The number of ether oxygens (including phenoxy) is 2. The fourth-order valence-electron chi connectivity index (χ4n) is 1.54. The molecule has 2 rings (SSSR count). The van der Waals surface area contributed by atoms with Crippen LogP contribution in [0.3, 0.4) is 0 Å². The van der Waals surface area contributed by atoms with Crippen LogP contribution in [-0.2, 0) is 15.2 Å². The van der Waals surface area contributed by atoms with E-state index in [-0.39, 0.29) is 0 Å². The fraction of sp³-hybridized carbons (Fsp3) is 0.231. The summed E-state index contributed by atoms with van der Waals surface area (Å²) in [6.07, 6.45) is 5.28. The Kier molecular flexibility index (Phi) is 2.97. The SMILES string of the molecule is CC(N)(OC1=CC=COC1)c1ccccc1. The van der Waals surface area contributed by atoms with Gasteiger partial charge in [0.15, 0.2) is 5.72 Å². The minimum absolute atomic E-state index is 0.427. The monoisotopic (exact) mass is 217 g/mol. The van der Waals surface area contributed by atoms with E-state index in [9.17, 15) is 0 Å². The number of benzene rings is 1. The van der Waals surface area contributed by atoms with Gasteiger partial charge in [0, 0.05) is 5.56 Å². The molecule has 1 heterocycles. The van der Waals surface area contributed by atoms with Crippen molar-refractivity contribution in [2.24, 2.45) is 5.73 Å². The van der Waals surface area contributed by atoms with Crippen LogP contribution in [0.25, 0.3) is 0 Å². The van der Waals surface area contributed by atoms with Crippen LogP contribution in [0.15, 0.2) is 54.5 Å². The molecule has 1 aromatic rings. The maximum Gasteiger partial charge on any atom is 0.181 e. The molecule has 0 amide bonds. The average Bonchev–Trinajstić information content (AvgIpc) is 2.31. The quantitative estimate of drug-likeness (QED) is 0.790. The molecule has 16 heavy (non-hydrogen) atoms. The standard InChI is InChI=1S/C13H15NO2/c1-13(14,11-6-3-2-4-7-11)16-12-8-5-9-15-10-12/h2-9H,10,14H2,1H3. The van der Waals surface area contributed by atoms with E-state index in [1.54, 1.807) is 12.3 Å². The summed E-state index contributed by atoms with van der Waals surface area (Å²) in [5.74, 6) is 0.733. The van der Waals surface area contributed by atoms with Gasteiger partial charge in [0.25, 0.3) is 0 Å². The van der Waals surface area contributed by atoms with Gasteiger partial charge in [0.2, 0.25) is 0 Å². The molecule has 0 radical (unpaired) electrons. The third-order valence-corrected chi connectivity index (χ3v) is 2.37. The van der Waals surface area contributed by atoms with Crippen LogP contribution in [0.5, 0.6) is 0 Å². The normalized spacial score (nSPS) is 18.2. The lowest BCUT2D eigenvalue weighted by Crippen LogP contribution is -2.36. The molecule has 1 unspecified atom stereocenters. The molecule has 0 saturated carbocycles. The highest BCUT2D eigenvalue weighted by Crippen LogP contribution is 2.23. The van der Waals surface area contributed by atoms with Gasteiger partial charge in [-0.05, 0) is 19.1 Å². The molecule has 0 saturated heterocycles. The number of hydrogen-bond acceptors (Lipinski definition) is 3. The molecule has 1 aromatic carbocycles. The number of hydrogen-bond donors (Lipinski definition) is 1. The summed E-state index contributed by atoms with van der Waals surface area (Å²) in [5, 5.41) is 0. The van der Waals surface area contributed by atoms with Gasteiger partial charge in [0.05, 0.1) is 6.26 Å². The molecule has 1 atom stereocenters. The van der Waals surface area contributed by atoms with Crippen molar-refractivity contribution >= 4 is 0 Å². The predicted octanol–water partition coefficient (Wildman–Crippen LogP) is 2.26. The Hall–Kier alpha value is -1.74. The maximum absolute atomic E-state index is 6.13. The minimum atomic E-state index is -0.832. The lowest BCUT2D eigenvalue weighted by Gasteiger charge is -2.28. The highest BCUT2D eigenvalue weighted by atomic mass is 16.5. The number of rotatable bonds is 3. The van der Waals surface area contributed by atoms with Gasteiger partial charge < -0.3 is 9.47 Å². The Bertz CT molecular complexity index is 407. The summed E-state index contributed by atoms with van der Waals surface area (Å²) in [4.78, 5) is 0. The van der Waals surface area contributed by atoms with Crippen molar-refractivity contribution in [1.29, 1.82) is 0 Å². The summed E-state index contributed by atoms with van der Waals surface area (Å²) in [6.45, 7) is 2.26. The first kappa shape index (κ1) is 10.8. The zero-order valence-corrected chi connectivity index (χ0v) is 9.22. The van der Waals surface area contributed by atoms with E-state index in [0.29, 0.717) is 6.61 Å². The van der Waals surface area contributed by atoms with Crippen molar-refractivity contribution in [1.82, 2.24) is 0 Å². The van der Waals surface area contributed by atoms with Crippen LogP contribution in [0.2, 0.25) is 0 Å². The van der Waals surface area contributed by atoms with Crippen LogP contribution in [0.1, 0.15) is 12.5 Å². The fourth-order valence-corrected chi connectivity index (χ4v) is 1.54. The summed E-state index contributed by atoms with van der Waals surface area (Å²) in [7, 11) is 0. The van der Waals surface area contributed by atoms with Crippen molar-refractivity contribution in [2.75, 3.05) is 6.61 Å². The Balaban J connectivity index is 2.14. The van der Waals surface area contributed by atoms with Crippen LogP contribution >= 0.6 is 0 Å². The second-order valence-electron chi connectivity index (χ2n) is 3.85. The predicted molar refractivity (Wildman–Crippen MR) is 62.2 cm³/mol. The van der Waals surface area contributed by atoms with Gasteiger partial charge in [-0.2, -0.15) is 0 Å². The Morgan fingerprint density at radius 2 is 2.06 bits per heavy atom. The van der Waals surface area contributed by atoms with E-state index in [1.807, 2.05) is 43.3 Å². The smallest absolute Gasteiger partial charge is 0.181 e. The molecule has 3 heteroatoms. The van der Waals surface area contributed by atoms with Crippen molar-refractivity contribution in [2.45, 2.75) is 12.6 Å². The molecular formula is C13H15NO2. The van der Waals surface area contributed by atoms with E-state index in [0.717, 1.165) is 11.3 Å². The molecule has 0 aromatic heterocycles. The van der Waals surface area contributed by atoms with E-state index in [2.05, 4.69) is 0 Å².